The molecule has 0 aromatic rings. The minimum absolute atomic E-state index is 0.119. The summed E-state index contributed by atoms with van der Waals surface area (Å²) in [5, 5.41) is 0. The van der Waals surface area contributed by atoms with Crippen molar-refractivity contribution in [3.63, 3.8) is 0 Å². The summed E-state index contributed by atoms with van der Waals surface area (Å²) in [6.45, 7) is 0. The SMILES string of the molecule is COC(=O)CCCCCCCCC[C@H](Br)C(=O)OC. The van der Waals surface area contributed by atoms with Gasteiger partial charge in [-0.05, 0) is 12.8 Å². The van der Waals surface area contributed by atoms with Crippen molar-refractivity contribution in [1.82, 2.24) is 0 Å². The van der Waals surface area contributed by atoms with Crippen molar-refractivity contribution < 1.29 is 19.1 Å². The lowest BCUT2D eigenvalue weighted by Gasteiger charge is -2.07. The molecule has 112 valence electrons. The van der Waals surface area contributed by atoms with Crippen molar-refractivity contribution in [3.8, 4) is 0 Å². The minimum Gasteiger partial charge on any atom is -0.469 e. The van der Waals surface area contributed by atoms with Crippen LogP contribution < -0.4 is 0 Å². The fraction of sp³-hybridized carbons (Fsp3) is 0.857. The van der Waals surface area contributed by atoms with E-state index in [1.54, 1.807) is 0 Å². The van der Waals surface area contributed by atoms with Crippen LogP contribution >= 0.6 is 15.9 Å². The van der Waals surface area contributed by atoms with E-state index in [-0.39, 0.29) is 16.8 Å². The number of carbonyl (C=O) groups excluding carboxylic acids is 2. The van der Waals surface area contributed by atoms with E-state index in [1.807, 2.05) is 0 Å². The van der Waals surface area contributed by atoms with Gasteiger partial charge in [0.05, 0.1) is 14.2 Å². The molecule has 0 rings (SSSR count). The highest BCUT2D eigenvalue weighted by atomic mass is 79.9. The molecule has 0 amide bonds. The normalized spacial score (nSPS) is 11.9. The second-order valence-electron chi connectivity index (χ2n) is 4.58. The third-order valence-electron chi connectivity index (χ3n) is 3.02. The quantitative estimate of drug-likeness (QED) is 0.328. The molecule has 0 unspecified atom stereocenters. The molecular weight excluding hydrogens is 312 g/mol. The standard InChI is InChI=1S/C14H25BrO4/c1-18-13(16)11-9-7-5-3-4-6-8-10-12(15)14(17)19-2/h12H,3-11H2,1-2H3/t12-/m0/s1. The van der Waals surface area contributed by atoms with Crippen LogP contribution in [0, 0.1) is 0 Å². The smallest absolute Gasteiger partial charge is 0.319 e. The van der Waals surface area contributed by atoms with Crippen molar-refractivity contribution in [3.05, 3.63) is 0 Å². The Hall–Kier alpha value is -0.580. The third-order valence-corrected chi connectivity index (χ3v) is 3.85. The number of hydrogen-bond donors (Lipinski definition) is 0. The summed E-state index contributed by atoms with van der Waals surface area (Å²) in [5.41, 5.74) is 0. The number of halogens is 1. The van der Waals surface area contributed by atoms with E-state index >= 15 is 0 Å². The highest BCUT2D eigenvalue weighted by Crippen LogP contribution is 2.14. The highest BCUT2D eigenvalue weighted by molar-refractivity contribution is 9.10. The average Bonchev–Trinajstić information content (AvgIpc) is 2.43. The number of esters is 2. The summed E-state index contributed by atoms with van der Waals surface area (Å²) < 4.78 is 9.22. The second kappa shape index (κ2) is 12.5. The molecule has 19 heavy (non-hydrogen) atoms. The Morgan fingerprint density at radius 3 is 1.95 bits per heavy atom. The van der Waals surface area contributed by atoms with Gasteiger partial charge in [-0.1, -0.05) is 54.5 Å². The Kier molecular flexibility index (Phi) is 12.1. The van der Waals surface area contributed by atoms with Gasteiger partial charge in [-0.25, -0.2) is 0 Å². The zero-order chi connectivity index (χ0) is 14.5. The van der Waals surface area contributed by atoms with Gasteiger partial charge in [-0.15, -0.1) is 0 Å². The molecule has 0 heterocycles. The number of rotatable bonds is 11. The molecule has 4 nitrogen and oxygen atoms in total. The molecule has 0 aliphatic carbocycles. The molecule has 0 saturated carbocycles. The molecule has 0 N–H and O–H groups in total. The van der Waals surface area contributed by atoms with Gasteiger partial charge in [-0.2, -0.15) is 0 Å². The first kappa shape index (κ1) is 18.4. The third kappa shape index (κ3) is 11.0. The molecule has 1 atom stereocenters. The molecule has 0 radical (unpaired) electrons. The van der Waals surface area contributed by atoms with E-state index in [1.165, 1.54) is 27.1 Å². The molecule has 0 fully saturated rings. The van der Waals surface area contributed by atoms with Crippen LogP contribution in [-0.2, 0) is 19.1 Å². The lowest BCUT2D eigenvalue weighted by Crippen LogP contribution is -2.15. The van der Waals surface area contributed by atoms with Crippen LogP contribution in [0.3, 0.4) is 0 Å². The highest BCUT2D eigenvalue weighted by Gasteiger charge is 2.13. The van der Waals surface area contributed by atoms with Crippen LogP contribution in [-0.4, -0.2) is 31.0 Å². The Labute approximate surface area is 124 Å². The van der Waals surface area contributed by atoms with Gasteiger partial charge >= 0.3 is 11.9 Å². The Balaban J connectivity index is 3.23. The number of alkyl halides is 1. The van der Waals surface area contributed by atoms with E-state index in [0.717, 1.165) is 38.5 Å². The Bertz CT molecular complexity index is 256. The van der Waals surface area contributed by atoms with Crippen LogP contribution in [0.15, 0.2) is 0 Å². The number of hydrogen-bond acceptors (Lipinski definition) is 4. The molecule has 0 bridgehead atoms. The largest absolute Gasteiger partial charge is 0.469 e. The molecular formula is C14H25BrO4. The number of unbranched alkanes of at least 4 members (excludes halogenated alkanes) is 6. The van der Waals surface area contributed by atoms with E-state index in [0.29, 0.717) is 6.42 Å². The van der Waals surface area contributed by atoms with Crippen molar-refractivity contribution in [2.75, 3.05) is 14.2 Å². The van der Waals surface area contributed by atoms with Crippen LogP contribution in [0.2, 0.25) is 0 Å². The lowest BCUT2D eigenvalue weighted by atomic mass is 10.1. The molecule has 0 saturated heterocycles. The predicted molar refractivity (Wildman–Crippen MR) is 78.3 cm³/mol. The summed E-state index contributed by atoms with van der Waals surface area (Å²) in [6.07, 6.45) is 9.05. The number of carbonyl (C=O) groups is 2. The summed E-state index contributed by atoms with van der Waals surface area (Å²) in [5.74, 6) is -0.311. The van der Waals surface area contributed by atoms with Crippen molar-refractivity contribution in [1.29, 1.82) is 0 Å². The second-order valence-corrected chi connectivity index (χ2v) is 5.69. The van der Waals surface area contributed by atoms with Crippen LogP contribution in [0.1, 0.15) is 57.8 Å². The van der Waals surface area contributed by atoms with Crippen molar-refractivity contribution in [2.24, 2.45) is 0 Å². The lowest BCUT2D eigenvalue weighted by molar-refractivity contribution is -0.141. The van der Waals surface area contributed by atoms with Crippen LogP contribution in [0.5, 0.6) is 0 Å². The number of ether oxygens (including phenoxy) is 2. The van der Waals surface area contributed by atoms with Crippen molar-refractivity contribution in [2.45, 2.75) is 62.6 Å². The average molecular weight is 337 g/mol. The van der Waals surface area contributed by atoms with Gasteiger partial charge in [0, 0.05) is 6.42 Å². The maximum absolute atomic E-state index is 11.1. The first-order valence-corrected chi connectivity index (χ1v) is 7.82. The molecule has 5 heteroatoms. The van der Waals surface area contributed by atoms with E-state index in [9.17, 15) is 9.59 Å². The molecule has 0 aliphatic heterocycles. The molecule has 0 aromatic heterocycles. The van der Waals surface area contributed by atoms with Gasteiger partial charge in [0.15, 0.2) is 0 Å². The van der Waals surface area contributed by atoms with E-state index in [2.05, 4.69) is 25.4 Å². The maximum Gasteiger partial charge on any atom is 0.319 e. The van der Waals surface area contributed by atoms with E-state index in [4.69, 9.17) is 0 Å². The van der Waals surface area contributed by atoms with Gasteiger partial charge in [-0.3, -0.25) is 9.59 Å². The van der Waals surface area contributed by atoms with E-state index < -0.39 is 0 Å². The zero-order valence-electron chi connectivity index (χ0n) is 12.0. The van der Waals surface area contributed by atoms with Crippen molar-refractivity contribution >= 4 is 27.9 Å². The summed E-state index contributed by atoms with van der Waals surface area (Å²) in [6, 6.07) is 0. The van der Waals surface area contributed by atoms with Gasteiger partial charge < -0.3 is 9.47 Å². The summed E-state index contributed by atoms with van der Waals surface area (Å²) >= 11 is 3.31. The maximum atomic E-state index is 11.1. The van der Waals surface area contributed by atoms with Gasteiger partial charge in [0.1, 0.15) is 4.83 Å². The monoisotopic (exact) mass is 336 g/mol. The molecule has 0 spiro atoms. The first-order chi connectivity index (χ1) is 9.11. The van der Waals surface area contributed by atoms with Gasteiger partial charge in [0.2, 0.25) is 0 Å². The van der Waals surface area contributed by atoms with Crippen LogP contribution in [0.25, 0.3) is 0 Å². The predicted octanol–water partition coefficient (Wildman–Crippen LogP) is 3.61. The minimum atomic E-state index is -0.192. The van der Waals surface area contributed by atoms with Crippen LogP contribution in [0.4, 0.5) is 0 Å². The molecule has 0 aliphatic rings. The zero-order valence-corrected chi connectivity index (χ0v) is 13.5. The van der Waals surface area contributed by atoms with Gasteiger partial charge in [0.25, 0.3) is 0 Å². The topological polar surface area (TPSA) is 52.6 Å². The summed E-state index contributed by atoms with van der Waals surface area (Å²) in [7, 11) is 2.83. The Morgan fingerprint density at radius 1 is 0.895 bits per heavy atom. The fourth-order valence-electron chi connectivity index (χ4n) is 1.82. The number of methoxy groups -OCH3 is 2. The first-order valence-electron chi connectivity index (χ1n) is 6.90. The summed E-state index contributed by atoms with van der Waals surface area (Å²) in [4.78, 5) is 21.8. The molecule has 0 aromatic carbocycles. The fourth-order valence-corrected chi connectivity index (χ4v) is 2.34. The Morgan fingerprint density at radius 2 is 1.42 bits per heavy atom.